The second kappa shape index (κ2) is 4.63. The van der Waals surface area contributed by atoms with Crippen molar-refractivity contribution in [3.8, 4) is 5.75 Å². The van der Waals surface area contributed by atoms with E-state index in [4.69, 9.17) is 4.74 Å². The molecule has 0 radical (unpaired) electrons. The van der Waals surface area contributed by atoms with Crippen LogP contribution in [0.15, 0.2) is 42.5 Å². The number of halogens is 2. The zero-order valence-electron chi connectivity index (χ0n) is 10.0. The fraction of sp³-hybridized carbons (Fsp3) is 0.200. The summed E-state index contributed by atoms with van der Waals surface area (Å²) in [6.07, 6.45) is -0.889. The fourth-order valence-electron chi connectivity index (χ4n) is 2.33. The molecule has 19 heavy (non-hydrogen) atoms. The summed E-state index contributed by atoms with van der Waals surface area (Å²) in [6, 6.07) is 10.1. The topological polar surface area (TPSA) is 29.5 Å². The van der Waals surface area contributed by atoms with Crippen LogP contribution in [-0.4, -0.2) is 5.11 Å². The zero-order chi connectivity index (χ0) is 13.4. The average Bonchev–Trinajstić information content (AvgIpc) is 2.38. The highest BCUT2D eigenvalue weighted by Crippen LogP contribution is 2.40. The molecule has 98 valence electrons. The van der Waals surface area contributed by atoms with Crippen LogP contribution in [0.25, 0.3) is 0 Å². The lowest BCUT2D eigenvalue weighted by molar-refractivity contribution is 0.0652. The van der Waals surface area contributed by atoms with E-state index in [1.54, 1.807) is 12.1 Å². The molecule has 0 fully saturated rings. The minimum atomic E-state index is -0.738. The van der Waals surface area contributed by atoms with Gasteiger partial charge in [-0.15, -0.1) is 0 Å². The van der Waals surface area contributed by atoms with Crippen molar-refractivity contribution in [2.45, 2.75) is 18.6 Å². The van der Waals surface area contributed by atoms with E-state index >= 15 is 0 Å². The molecule has 0 spiro atoms. The third kappa shape index (κ3) is 2.31. The van der Waals surface area contributed by atoms with E-state index in [0.717, 1.165) is 0 Å². The molecule has 0 amide bonds. The standard InChI is InChI=1S/C15H12F2O2/c16-10-3-1-2-9(6-10)14-8-13(18)12-5-4-11(17)7-15(12)19-14/h1-7,13-14,18H,8H2. The van der Waals surface area contributed by atoms with Gasteiger partial charge < -0.3 is 9.84 Å². The number of aliphatic hydroxyl groups is 1. The Bertz CT molecular complexity index is 613. The van der Waals surface area contributed by atoms with Gasteiger partial charge in [-0.25, -0.2) is 8.78 Å². The fourth-order valence-corrected chi connectivity index (χ4v) is 2.33. The van der Waals surface area contributed by atoms with Crippen LogP contribution in [0.4, 0.5) is 8.78 Å². The normalized spacial score (nSPS) is 21.6. The van der Waals surface area contributed by atoms with Gasteiger partial charge in [0, 0.05) is 18.1 Å². The van der Waals surface area contributed by atoms with Crippen molar-refractivity contribution in [3.05, 3.63) is 65.2 Å². The largest absolute Gasteiger partial charge is 0.485 e. The van der Waals surface area contributed by atoms with Crippen molar-refractivity contribution in [2.75, 3.05) is 0 Å². The van der Waals surface area contributed by atoms with Gasteiger partial charge in [0.1, 0.15) is 23.5 Å². The number of hydrogen-bond donors (Lipinski definition) is 1. The molecule has 1 aliphatic heterocycles. The molecular formula is C15H12F2O2. The first-order chi connectivity index (χ1) is 9.13. The number of fused-ring (bicyclic) bond motifs is 1. The quantitative estimate of drug-likeness (QED) is 0.852. The SMILES string of the molecule is OC1CC(c2cccc(F)c2)Oc2cc(F)ccc21. The Balaban J connectivity index is 1.96. The minimum absolute atomic E-state index is 0.313. The monoisotopic (exact) mass is 262 g/mol. The highest BCUT2D eigenvalue weighted by molar-refractivity contribution is 5.39. The Kier molecular flexibility index (Phi) is 2.95. The molecule has 1 aliphatic rings. The molecule has 0 aliphatic carbocycles. The van der Waals surface area contributed by atoms with Gasteiger partial charge in [0.05, 0.1) is 6.10 Å². The Labute approximate surface area is 109 Å². The Morgan fingerprint density at radius 2 is 1.84 bits per heavy atom. The van der Waals surface area contributed by atoms with Crippen LogP contribution in [0, 0.1) is 11.6 Å². The molecule has 0 saturated heterocycles. The van der Waals surface area contributed by atoms with Crippen molar-refractivity contribution >= 4 is 0 Å². The third-order valence-corrected chi connectivity index (χ3v) is 3.26. The Morgan fingerprint density at radius 1 is 1.05 bits per heavy atom. The van der Waals surface area contributed by atoms with Crippen LogP contribution < -0.4 is 4.74 Å². The molecule has 1 N–H and O–H groups in total. The van der Waals surface area contributed by atoms with E-state index in [1.807, 2.05) is 0 Å². The predicted octanol–water partition coefficient (Wildman–Crippen LogP) is 3.52. The lowest BCUT2D eigenvalue weighted by atomic mass is 9.95. The summed E-state index contributed by atoms with van der Waals surface area (Å²) < 4.78 is 32.1. The minimum Gasteiger partial charge on any atom is -0.485 e. The molecule has 0 aromatic heterocycles. The van der Waals surface area contributed by atoms with Gasteiger partial charge in [0.25, 0.3) is 0 Å². The molecule has 3 rings (SSSR count). The maximum atomic E-state index is 13.2. The highest BCUT2D eigenvalue weighted by Gasteiger charge is 2.28. The van der Waals surface area contributed by atoms with Crippen LogP contribution in [-0.2, 0) is 0 Å². The van der Waals surface area contributed by atoms with Crippen LogP contribution in [0.5, 0.6) is 5.75 Å². The van der Waals surface area contributed by atoms with Crippen LogP contribution in [0.3, 0.4) is 0 Å². The molecule has 2 unspecified atom stereocenters. The lowest BCUT2D eigenvalue weighted by Gasteiger charge is -2.29. The van der Waals surface area contributed by atoms with Gasteiger partial charge in [-0.2, -0.15) is 0 Å². The summed E-state index contributed by atoms with van der Waals surface area (Å²) in [6.45, 7) is 0. The summed E-state index contributed by atoms with van der Waals surface area (Å²) in [4.78, 5) is 0. The maximum absolute atomic E-state index is 13.2. The van der Waals surface area contributed by atoms with Crippen LogP contribution in [0.2, 0.25) is 0 Å². The van der Waals surface area contributed by atoms with E-state index in [-0.39, 0.29) is 5.82 Å². The summed E-state index contributed by atoms with van der Waals surface area (Å²) in [5.41, 5.74) is 1.20. The molecule has 2 aromatic rings. The van der Waals surface area contributed by atoms with E-state index in [1.165, 1.54) is 30.3 Å². The van der Waals surface area contributed by atoms with Crippen molar-refractivity contribution in [1.29, 1.82) is 0 Å². The molecular weight excluding hydrogens is 250 g/mol. The number of rotatable bonds is 1. The molecule has 2 nitrogen and oxygen atoms in total. The number of aliphatic hydroxyl groups excluding tert-OH is 1. The number of hydrogen-bond acceptors (Lipinski definition) is 2. The Hall–Kier alpha value is -1.94. The average molecular weight is 262 g/mol. The van der Waals surface area contributed by atoms with Crippen molar-refractivity contribution < 1.29 is 18.6 Å². The van der Waals surface area contributed by atoms with E-state index in [0.29, 0.717) is 23.3 Å². The third-order valence-electron chi connectivity index (χ3n) is 3.26. The summed E-state index contributed by atoms with van der Waals surface area (Å²) in [5.74, 6) is -0.473. The van der Waals surface area contributed by atoms with Gasteiger partial charge in [-0.3, -0.25) is 0 Å². The van der Waals surface area contributed by atoms with E-state index in [9.17, 15) is 13.9 Å². The first-order valence-corrected chi connectivity index (χ1v) is 6.03. The molecule has 0 saturated carbocycles. The Morgan fingerprint density at radius 3 is 2.63 bits per heavy atom. The summed E-state index contributed by atoms with van der Waals surface area (Å²) in [7, 11) is 0. The molecule has 2 atom stereocenters. The lowest BCUT2D eigenvalue weighted by Crippen LogP contribution is -2.19. The van der Waals surface area contributed by atoms with E-state index < -0.39 is 18.0 Å². The van der Waals surface area contributed by atoms with E-state index in [2.05, 4.69) is 0 Å². The molecule has 1 heterocycles. The number of benzene rings is 2. The van der Waals surface area contributed by atoms with Gasteiger partial charge in [-0.1, -0.05) is 12.1 Å². The second-order valence-electron chi connectivity index (χ2n) is 4.60. The molecule has 4 heteroatoms. The van der Waals surface area contributed by atoms with Crippen molar-refractivity contribution in [2.24, 2.45) is 0 Å². The van der Waals surface area contributed by atoms with Crippen molar-refractivity contribution in [3.63, 3.8) is 0 Å². The maximum Gasteiger partial charge on any atom is 0.128 e. The first-order valence-electron chi connectivity index (χ1n) is 6.03. The second-order valence-corrected chi connectivity index (χ2v) is 4.60. The summed E-state index contributed by atoms with van der Waals surface area (Å²) >= 11 is 0. The highest BCUT2D eigenvalue weighted by atomic mass is 19.1. The van der Waals surface area contributed by atoms with Crippen molar-refractivity contribution in [1.82, 2.24) is 0 Å². The molecule has 2 aromatic carbocycles. The smallest absolute Gasteiger partial charge is 0.128 e. The van der Waals surface area contributed by atoms with Gasteiger partial charge in [-0.05, 0) is 29.8 Å². The zero-order valence-corrected chi connectivity index (χ0v) is 10.0. The first kappa shape index (κ1) is 12.1. The molecule has 0 bridgehead atoms. The van der Waals surface area contributed by atoms with Crippen LogP contribution >= 0.6 is 0 Å². The summed E-state index contributed by atoms with van der Waals surface area (Å²) in [5, 5.41) is 10.1. The van der Waals surface area contributed by atoms with Gasteiger partial charge in [0.15, 0.2) is 0 Å². The predicted molar refractivity (Wildman–Crippen MR) is 65.7 cm³/mol. The van der Waals surface area contributed by atoms with Crippen LogP contribution in [0.1, 0.15) is 29.8 Å². The van der Waals surface area contributed by atoms with Gasteiger partial charge in [0.2, 0.25) is 0 Å². The number of ether oxygens (including phenoxy) is 1. The van der Waals surface area contributed by atoms with Gasteiger partial charge >= 0.3 is 0 Å².